The van der Waals surface area contributed by atoms with Gasteiger partial charge in [-0.05, 0) is 0 Å². The summed E-state index contributed by atoms with van der Waals surface area (Å²) in [6.07, 6.45) is -6.42. The molecule has 38 heavy (non-hydrogen) atoms. The molecule has 0 bridgehead atoms. The molecule has 1 rings (SSSR count). The fraction of sp³-hybridized carbons (Fsp3) is 0.750. The van der Waals surface area contributed by atoms with Crippen LogP contribution in [0.4, 0.5) is 0 Å². The number of aliphatic hydroxyl groups excluding tert-OH is 4. The SMILES string of the molecule is O=C(O)CN(CCN(CC(=O)O)CC(=O)O)CCN(CC(=O)O)CC(=O)NC1C(O)OC(CO)C(O)C1O. The molecule has 0 radical (unpaired) electrons. The van der Waals surface area contributed by atoms with Crippen LogP contribution in [0.1, 0.15) is 0 Å². The zero-order valence-corrected chi connectivity index (χ0v) is 20.3. The molecule has 9 N–H and O–H groups in total. The van der Waals surface area contributed by atoms with E-state index in [2.05, 4.69) is 5.32 Å². The van der Waals surface area contributed by atoms with E-state index in [0.29, 0.717) is 0 Å². The number of nitrogens with zero attached hydrogens (tertiary/aromatic N) is 3. The molecule has 1 aliphatic heterocycles. The van der Waals surface area contributed by atoms with Crippen LogP contribution >= 0.6 is 0 Å². The van der Waals surface area contributed by atoms with Crippen LogP contribution < -0.4 is 5.32 Å². The van der Waals surface area contributed by atoms with E-state index in [0.717, 1.165) is 9.80 Å². The number of carbonyl (C=O) groups is 5. The normalized spacial score (nSPS) is 23.5. The first-order chi connectivity index (χ1) is 17.7. The number of ether oxygens (including phenoxy) is 1. The van der Waals surface area contributed by atoms with Gasteiger partial charge in [0, 0.05) is 26.2 Å². The quantitative estimate of drug-likeness (QED) is 0.0762. The lowest BCUT2D eigenvalue weighted by molar-refractivity contribution is -0.253. The Bertz CT molecular complexity index is 814. The van der Waals surface area contributed by atoms with Crippen molar-refractivity contribution in [1.82, 2.24) is 20.0 Å². The van der Waals surface area contributed by atoms with Crippen LogP contribution in [0.15, 0.2) is 0 Å². The number of nitrogens with one attached hydrogen (secondary N) is 1. The largest absolute Gasteiger partial charge is 0.480 e. The predicted octanol–water partition coefficient (Wildman–Crippen LogP) is -5.85. The maximum Gasteiger partial charge on any atom is 0.317 e. The van der Waals surface area contributed by atoms with Crippen molar-refractivity contribution in [1.29, 1.82) is 0 Å². The Kier molecular flexibility index (Phi) is 14.0. The summed E-state index contributed by atoms with van der Waals surface area (Å²) >= 11 is 0. The van der Waals surface area contributed by atoms with Crippen LogP contribution in [0, 0.1) is 0 Å². The lowest BCUT2D eigenvalue weighted by atomic mass is 9.97. The molecule has 1 saturated heterocycles. The average Bonchev–Trinajstić information content (AvgIpc) is 2.79. The lowest BCUT2D eigenvalue weighted by Gasteiger charge is -2.40. The molecule has 0 aliphatic carbocycles. The number of amides is 1. The highest BCUT2D eigenvalue weighted by molar-refractivity contribution is 5.79. The minimum atomic E-state index is -1.78. The van der Waals surface area contributed by atoms with Gasteiger partial charge in [-0.25, -0.2) is 0 Å². The zero-order chi connectivity index (χ0) is 29.0. The number of aliphatic hydroxyl groups is 4. The van der Waals surface area contributed by atoms with E-state index in [-0.39, 0.29) is 26.2 Å². The third kappa shape index (κ3) is 12.0. The number of hydrogen-bond acceptors (Lipinski definition) is 13. The Hall–Kier alpha value is -2.97. The number of rotatable bonds is 18. The molecule has 0 aromatic carbocycles. The van der Waals surface area contributed by atoms with Gasteiger partial charge in [-0.2, -0.15) is 0 Å². The van der Waals surface area contributed by atoms with Gasteiger partial charge in [0.2, 0.25) is 5.91 Å². The third-order valence-electron chi connectivity index (χ3n) is 5.50. The molecule has 0 aromatic rings. The molecular weight excluding hydrogens is 520 g/mol. The maximum absolute atomic E-state index is 12.5. The van der Waals surface area contributed by atoms with Gasteiger partial charge in [-0.3, -0.25) is 38.7 Å². The Morgan fingerprint density at radius 1 is 0.632 bits per heavy atom. The molecule has 0 spiro atoms. The highest BCUT2D eigenvalue weighted by Gasteiger charge is 2.44. The number of carboxylic acids is 4. The number of hydrogen-bond donors (Lipinski definition) is 9. The average molecular weight is 555 g/mol. The van der Waals surface area contributed by atoms with Gasteiger partial charge in [0.15, 0.2) is 6.29 Å². The van der Waals surface area contributed by atoms with Gasteiger partial charge in [0.1, 0.15) is 24.4 Å². The molecule has 0 aromatic heterocycles. The van der Waals surface area contributed by atoms with Crippen molar-refractivity contribution >= 4 is 29.8 Å². The molecule has 1 amide bonds. The minimum Gasteiger partial charge on any atom is -0.480 e. The van der Waals surface area contributed by atoms with Gasteiger partial charge in [0.25, 0.3) is 0 Å². The first kappa shape index (κ1) is 33.1. The highest BCUT2D eigenvalue weighted by atomic mass is 16.6. The molecule has 18 nitrogen and oxygen atoms in total. The van der Waals surface area contributed by atoms with Crippen molar-refractivity contribution in [3.05, 3.63) is 0 Å². The van der Waals surface area contributed by atoms with Crippen LogP contribution in [0.3, 0.4) is 0 Å². The first-order valence-corrected chi connectivity index (χ1v) is 11.4. The van der Waals surface area contributed by atoms with Gasteiger partial charge >= 0.3 is 23.9 Å². The van der Waals surface area contributed by atoms with E-state index >= 15 is 0 Å². The van der Waals surface area contributed by atoms with E-state index in [1.54, 1.807) is 0 Å². The van der Waals surface area contributed by atoms with E-state index in [4.69, 9.17) is 20.1 Å². The Morgan fingerprint density at radius 3 is 1.45 bits per heavy atom. The number of carbonyl (C=O) groups excluding carboxylic acids is 1. The molecule has 5 unspecified atom stereocenters. The Morgan fingerprint density at radius 2 is 1.03 bits per heavy atom. The second-order valence-electron chi connectivity index (χ2n) is 8.59. The third-order valence-corrected chi connectivity index (χ3v) is 5.50. The van der Waals surface area contributed by atoms with Crippen molar-refractivity contribution in [3.63, 3.8) is 0 Å². The minimum absolute atomic E-state index is 0.0817. The summed E-state index contributed by atoms with van der Waals surface area (Å²) in [5, 5.41) is 77.7. The summed E-state index contributed by atoms with van der Waals surface area (Å²) < 4.78 is 4.94. The molecule has 1 heterocycles. The molecule has 218 valence electrons. The monoisotopic (exact) mass is 554 g/mol. The second-order valence-corrected chi connectivity index (χ2v) is 8.59. The van der Waals surface area contributed by atoms with E-state index in [9.17, 15) is 49.5 Å². The summed E-state index contributed by atoms with van der Waals surface area (Å²) in [5.41, 5.74) is 0. The Labute approximate surface area is 216 Å². The maximum atomic E-state index is 12.5. The Balaban J connectivity index is 2.80. The number of carboxylic acid groups (broad SMARTS) is 4. The van der Waals surface area contributed by atoms with Crippen molar-refractivity contribution < 1.29 is 69.6 Å². The molecule has 1 fully saturated rings. The van der Waals surface area contributed by atoms with E-state index < -0.39 is 99.8 Å². The van der Waals surface area contributed by atoms with Crippen molar-refractivity contribution in [2.75, 3.05) is 65.5 Å². The van der Waals surface area contributed by atoms with E-state index in [1.165, 1.54) is 4.90 Å². The fourth-order valence-corrected chi connectivity index (χ4v) is 3.72. The summed E-state index contributed by atoms with van der Waals surface area (Å²) in [4.78, 5) is 60.5. The van der Waals surface area contributed by atoms with Crippen molar-refractivity contribution in [2.45, 2.75) is 30.6 Å². The first-order valence-electron chi connectivity index (χ1n) is 11.4. The van der Waals surface area contributed by atoms with Crippen LogP contribution in [-0.2, 0) is 28.7 Å². The van der Waals surface area contributed by atoms with Crippen molar-refractivity contribution in [2.24, 2.45) is 0 Å². The summed E-state index contributed by atoms with van der Waals surface area (Å²) in [6, 6.07) is -1.50. The highest BCUT2D eigenvalue weighted by Crippen LogP contribution is 2.19. The molecule has 1 aliphatic rings. The van der Waals surface area contributed by atoms with Crippen molar-refractivity contribution in [3.8, 4) is 0 Å². The summed E-state index contributed by atoms with van der Waals surface area (Å²) in [7, 11) is 0. The fourth-order valence-electron chi connectivity index (χ4n) is 3.72. The van der Waals surface area contributed by atoms with Gasteiger partial charge in [-0.15, -0.1) is 0 Å². The predicted molar refractivity (Wildman–Crippen MR) is 122 cm³/mol. The van der Waals surface area contributed by atoms with Gasteiger partial charge in [-0.1, -0.05) is 0 Å². The molecular formula is C20H34N4O14. The number of aliphatic carboxylic acids is 4. The second kappa shape index (κ2) is 16.1. The van der Waals surface area contributed by atoms with E-state index in [1.807, 2.05) is 0 Å². The van der Waals surface area contributed by atoms with Gasteiger partial charge < -0.3 is 50.9 Å². The summed E-state index contributed by atoms with van der Waals surface area (Å²) in [6.45, 7) is -4.15. The van der Waals surface area contributed by atoms with Crippen LogP contribution in [0.25, 0.3) is 0 Å². The van der Waals surface area contributed by atoms with Crippen LogP contribution in [0.2, 0.25) is 0 Å². The summed E-state index contributed by atoms with van der Waals surface area (Å²) in [5.74, 6) is -6.01. The van der Waals surface area contributed by atoms with Crippen LogP contribution in [-0.4, -0.2) is 181 Å². The topological polar surface area (TPSA) is 278 Å². The molecule has 18 heteroatoms. The molecule has 0 saturated carbocycles. The smallest absolute Gasteiger partial charge is 0.317 e. The molecule has 5 atom stereocenters. The van der Waals surface area contributed by atoms with Gasteiger partial charge in [0.05, 0.1) is 39.3 Å². The zero-order valence-electron chi connectivity index (χ0n) is 20.3. The lowest BCUT2D eigenvalue weighted by Crippen LogP contribution is -2.64. The standard InChI is InChI=1S/C20H34N4O14/c25-10-11-18(35)19(36)17(20(37)38-11)21-12(26)5-23(7-14(29)30)3-1-22(6-13(27)28)2-4-24(8-15(31)32)9-16(33)34/h11,17-20,25,35-37H,1-10H2,(H,21,26)(H,27,28)(H,29,30)(H,31,32)(H,33,34). The van der Waals surface area contributed by atoms with Crippen LogP contribution in [0.5, 0.6) is 0 Å².